The van der Waals surface area contributed by atoms with E-state index < -0.39 is 5.97 Å². The van der Waals surface area contributed by atoms with Crippen molar-refractivity contribution in [3.05, 3.63) is 23.9 Å². The topological polar surface area (TPSA) is 71.5 Å². The van der Waals surface area contributed by atoms with Crippen molar-refractivity contribution in [2.75, 3.05) is 18.5 Å². The van der Waals surface area contributed by atoms with E-state index in [1.807, 2.05) is 20.8 Å². The number of aromatic carboxylic acids is 1. The first-order valence-electron chi connectivity index (χ1n) is 5.52. The lowest BCUT2D eigenvalue weighted by molar-refractivity contribution is 0.000641. The van der Waals surface area contributed by atoms with Gasteiger partial charge in [0.25, 0.3) is 0 Å². The summed E-state index contributed by atoms with van der Waals surface area (Å²) in [7, 11) is 0. The third-order valence-corrected chi connectivity index (χ3v) is 2.24. The summed E-state index contributed by atoms with van der Waals surface area (Å²) in [5.74, 6) is -0.419. The third kappa shape index (κ3) is 4.40. The van der Waals surface area contributed by atoms with Crippen LogP contribution < -0.4 is 5.32 Å². The molecule has 1 aromatic heterocycles. The molecule has 0 atom stereocenters. The molecule has 0 fully saturated rings. The molecule has 0 aliphatic carbocycles. The highest BCUT2D eigenvalue weighted by Gasteiger charge is 2.17. The summed E-state index contributed by atoms with van der Waals surface area (Å²) in [5, 5.41) is 11.9. The van der Waals surface area contributed by atoms with Gasteiger partial charge in [0, 0.05) is 19.3 Å². The average molecular weight is 238 g/mol. The van der Waals surface area contributed by atoms with Gasteiger partial charge in [-0.3, -0.25) is 0 Å². The van der Waals surface area contributed by atoms with Crippen LogP contribution in [0, 0.1) is 0 Å². The van der Waals surface area contributed by atoms with Crippen molar-refractivity contribution in [3.8, 4) is 0 Å². The number of pyridine rings is 1. The standard InChI is InChI=1S/C12H18N2O3/c1-4-17-12(2,3)8-14-10-7-9(11(15)16)5-6-13-10/h5-7H,4,8H2,1-3H3,(H,13,14)(H,15,16). The number of rotatable bonds is 6. The van der Waals surface area contributed by atoms with Crippen LogP contribution in [0.5, 0.6) is 0 Å². The van der Waals surface area contributed by atoms with Crippen LogP contribution in [-0.2, 0) is 4.74 Å². The van der Waals surface area contributed by atoms with Crippen LogP contribution >= 0.6 is 0 Å². The highest BCUT2D eigenvalue weighted by Crippen LogP contribution is 2.12. The summed E-state index contributed by atoms with van der Waals surface area (Å²) in [6.45, 7) is 7.06. The Morgan fingerprint density at radius 2 is 2.29 bits per heavy atom. The lowest BCUT2D eigenvalue weighted by Crippen LogP contribution is -2.33. The van der Waals surface area contributed by atoms with Crippen LogP contribution in [0.3, 0.4) is 0 Å². The summed E-state index contributed by atoms with van der Waals surface area (Å²) in [5.41, 5.74) is -0.0907. The molecule has 94 valence electrons. The van der Waals surface area contributed by atoms with Gasteiger partial charge in [-0.15, -0.1) is 0 Å². The van der Waals surface area contributed by atoms with Crippen LogP contribution in [0.25, 0.3) is 0 Å². The van der Waals surface area contributed by atoms with Crippen LogP contribution in [-0.4, -0.2) is 34.8 Å². The number of carbonyl (C=O) groups is 1. The molecule has 5 nitrogen and oxygen atoms in total. The molecule has 0 aliphatic heterocycles. The van der Waals surface area contributed by atoms with E-state index in [-0.39, 0.29) is 11.2 Å². The summed E-state index contributed by atoms with van der Waals surface area (Å²) >= 11 is 0. The summed E-state index contributed by atoms with van der Waals surface area (Å²) in [6, 6.07) is 2.96. The first-order valence-corrected chi connectivity index (χ1v) is 5.52. The van der Waals surface area contributed by atoms with E-state index >= 15 is 0 Å². The minimum absolute atomic E-state index is 0.219. The SMILES string of the molecule is CCOC(C)(C)CNc1cc(C(=O)O)ccn1. The normalized spacial score (nSPS) is 11.2. The van der Waals surface area contributed by atoms with Gasteiger partial charge in [0.2, 0.25) is 0 Å². The van der Waals surface area contributed by atoms with E-state index in [1.165, 1.54) is 18.3 Å². The molecule has 0 saturated heterocycles. The predicted molar refractivity (Wildman–Crippen MR) is 65.4 cm³/mol. The number of ether oxygens (including phenoxy) is 1. The fourth-order valence-electron chi connectivity index (χ4n) is 1.41. The first-order chi connectivity index (χ1) is 7.94. The Kier molecular flexibility index (Phi) is 4.45. The number of carboxylic acid groups (broad SMARTS) is 1. The van der Waals surface area contributed by atoms with Crippen molar-refractivity contribution in [3.63, 3.8) is 0 Å². The highest BCUT2D eigenvalue weighted by atomic mass is 16.5. The van der Waals surface area contributed by atoms with Crippen molar-refractivity contribution in [2.45, 2.75) is 26.4 Å². The zero-order valence-corrected chi connectivity index (χ0v) is 10.4. The van der Waals surface area contributed by atoms with Gasteiger partial charge in [-0.05, 0) is 32.9 Å². The maximum Gasteiger partial charge on any atom is 0.335 e. The van der Waals surface area contributed by atoms with Gasteiger partial charge >= 0.3 is 5.97 Å². The van der Waals surface area contributed by atoms with Crippen molar-refractivity contribution in [2.24, 2.45) is 0 Å². The smallest absolute Gasteiger partial charge is 0.335 e. The quantitative estimate of drug-likeness (QED) is 0.793. The molecule has 5 heteroatoms. The molecular formula is C12H18N2O3. The predicted octanol–water partition coefficient (Wildman–Crippen LogP) is 2.01. The molecule has 0 aromatic carbocycles. The Morgan fingerprint density at radius 3 is 2.88 bits per heavy atom. The molecular weight excluding hydrogens is 220 g/mol. The Labute approximate surface area is 101 Å². The van der Waals surface area contributed by atoms with Gasteiger partial charge in [0.05, 0.1) is 11.2 Å². The molecule has 17 heavy (non-hydrogen) atoms. The molecule has 0 saturated carbocycles. The van der Waals surface area contributed by atoms with Crippen LogP contribution in [0.2, 0.25) is 0 Å². The Hall–Kier alpha value is -1.62. The number of hydrogen-bond acceptors (Lipinski definition) is 4. The second-order valence-corrected chi connectivity index (χ2v) is 4.28. The zero-order chi connectivity index (χ0) is 12.9. The summed E-state index contributed by atoms with van der Waals surface area (Å²) in [6.07, 6.45) is 1.47. The third-order valence-electron chi connectivity index (χ3n) is 2.24. The van der Waals surface area contributed by atoms with Crippen LogP contribution in [0.1, 0.15) is 31.1 Å². The van der Waals surface area contributed by atoms with Crippen LogP contribution in [0.4, 0.5) is 5.82 Å². The van der Waals surface area contributed by atoms with Crippen molar-refractivity contribution >= 4 is 11.8 Å². The monoisotopic (exact) mass is 238 g/mol. The molecule has 1 heterocycles. The van der Waals surface area contributed by atoms with E-state index in [0.717, 1.165) is 0 Å². The van der Waals surface area contributed by atoms with Gasteiger partial charge in [-0.2, -0.15) is 0 Å². The van der Waals surface area contributed by atoms with E-state index in [1.54, 1.807) is 0 Å². The largest absolute Gasteiger partial charge is 0.478 e. The Balaban J connectivity index is 2.63. The molecule has 0 aliphatic rings. The minimum Gasteiger partial charge on any atom is -0.478 e. The molecule has 0 spiro atoms. The second kappa shape index (κ2) is 5.63. The molecule has 0 unspecified atom stereocenters. The average Bonchev–Trinajstić information content (AvgIpc) is 2.27. The maximum atomic E-state index is 10.8. The van der Waals surface area contributed by atoms with Crippen molar-refractivity contribution in [1.82, 2.24) is 4.98 Å². The molecule has 2 N–H and O–H groups in total. The fraction of sp³-hybridized carbons (Fsp3) is 0.500. The number of anilines is 1. The lowest BCUT2D eigenvalue weighted by atomic mass is 10.1. The van der Waals surface area contributed by atoms with E-state index in [9.17, 15) is 4.79 Å². The van der Waals surface area contributed by atoms with Gasteiger partial charge in [-0.1, -0.05) is 0 Å². The van der Waals surface area contributed by atoms with Gasteiger partial charge in [-0.25, -0.2) is 9.78 Å². The van der Waals surface area contributed by atoms with Crippen molar-refractivity contribution in [1.29, 1.82) is 0 Å². The zero-order valence-electron chi connectivity index (χ0n) is 10.4. The Bertz CT molecular complexity index is 391. The maximum absolute atomic E-state index is 10.8. The summed E-state index contributed by atoms with van der Waals surface area (Å²) < 4.78 is 5.52. The number of hydrogen-bond donors (Lipinski definition) is 2. The van der Waals surface area contributed by atoms with E-state index in [0.29, 0.717) is 19.0 Å². The van der Waals surface area contributed by atoms with Gasteiger partial charge in [0.15, 0.2) is 0 Å². The molecule has 1 aromatic rings. The summed E-state index contributed by atoms with van der Waals surface area (Å²) in [4.78, 5) is 14.8. The number of carboxylic acids is 1. The molecule has 0 bridgehead atoms. The number of nitrogens with one attached hydrogen (secondary N) is 1. The van der Waals surface area contributed by atoms with E-state index in [4.69, 9.17) is 9.84 Å². The fourth-order valence-corrected chi connectivity index (χ4v) is 1.41. The van der Waals surface area contributed by atoms with E-state index in [2.05, 4.69) is 10.3 Å². The molecule has 0 amide bonds. The van der Waals surface area contributed by atoms with Crippen LogP contribution in [0.15, 0.2) is 18.3 Å². The van der Waals surface area contributed by atoms with Crippen molar-refractivity contribution < 1.29 is 14.6 Å². The molecule has 0 radical (unpaired) electrons. The number of aromatic nitrogens is 1. The highest BCUT2D eigenvalue weighted by molar-refractivity contribution is 5.88. The van der Waals surface area contributed by atoms with Gasteiger partial charge in [0.1, 0.15) is 5.82 Å². The molecule has 1 rings (SSSR count). The Morgan fingerprint density at radius 1 is 1.59 bits per heavy atom. The second-order valence-electron chi connectivity index (χ2n) is 4.28. The number of nitrogens with zero attached hydrogens (tertiary/aromatic N) is 1. The van der Waals surface area contributed by atoms with Gasteiger partial charge < -0.3 is 15.2 Å². The minimum atomic E-state index is -0.959. The first kappa shape index (κ1) is 13.4. The lowest BCUT2D eigenvalue weighted by Gasteiger charge is -2.25.